The van der Waals surface area contributed by atoms with Crippen LogP contribution < -0.4 is 10.2 Å². The van der Waals surface area contributed by atoms with Crippen LogP contribution in [0, 0.1) is 0 Å². The van der Waals surface area contributed by atoms with Crippen molar-refractivity contribution in [3.8, 4) is 0 Å². The third kappa shape index (κ3) is 2.96. The largest absolute Gasteiger partial charge is 0.357 e. The van der Waals surface area contributed by atoms with Crippen LogP contribution in [0.2, 0.25) is 5.02 Å². The van der Waals surface area contributed by atoms with E-state index in [2.05, 4.69) is 10.2 Å². The molecule has 1 aliphatic carbocycles. The van der Waals surface area contributed by atoms with Crippen LogP contribution in [-0.4, -0.2) is 24.1 Å². The van der Waals surface area contributed by atoms with Crippen LogP contribution in [0.4, 0.5) is 5.82 Å². The molecule has 0 radical (unpaired) electrons. The summed E-state index contributed by atoms with van der Waals surface area (Å²) >= 11 is 6.22. The fourth-order valence-corrected chi connectivity index (χ4v) is 2.60. The van der Waals surface area contributed by atoms with Crippen molar-refractivity contribution < 1.29 is 0 Å². The van der Waals surface area contributed by atoms with E-state index in [1.165, 1.54) is 32.1 Å². The number of aromatic nitrogens is 1. The summed E-state index contributed by atoms with van der Waals surface area (Å²) < 4.78 is 0. The van der Waals surface area contributed by atoms with Crippen molar-refractivity contribution in [2.75, 3.05) is 18.0 Å². The number of nitrogens with zero attached hydrogens (tertiary/aromatic N) is 2. The molecule has 0 aromatic carbocycles. The Morgan fingerprint density at radius 2 is 2.00 bits per heavy atom. The van der Waals surface area contributed by atoms with E-state index in [1.807, 2.05) is 12.1 Å². The van der Waals surface area contributed by atoms with Gasteiger partial charge in [-0.25, -0.2) is 4.98 Å². The van der Waals surface area contributed by atoms with Gasteiger partial charge in [0, 0.05) is 25.7 Å². The maximum absolute atomic E-state index is 6.22. The number of hydrogen-bond donors (Lipinski definition) is 1. The Labute approximate surface area is 114 Å². The van der Waals surface area contributed by atoms with E-state index in [0.29, 0.717) is 6.04 Å². The summed E-state index contributed by atoms with van der Waals surface area (Å²) in [6, 6.07) is 4.73. The molecule has 0 atom stereocenters. The number of nitrogens with one attached hydrogen (secondary N) is 1. The summed E-state index contributed by atoms with van der Waals surface area (Å²) in [4.78, 5) is 7.10. The van der Waals surface area contributed by atoms with Crippen molar-refractivity contribution in [3.63, 3.8) is 0 Å². The van der Waals surface area contributed by atoms with Crippen molar-refractivity contribution in [1.29, 1.82) is 0 Å². The van der Waals surface area contributed by atoms with E-state index in [1.54, 1.807) is 0 Å². The topological polar surface area (TPSA) is 28.2 Å². The standard InChI is InChI=1S/C14H20ClN3/c15-12-6-7-14(18-8-2-1-3-9-18)17-13(12)10-16-11-4-5-11/h6-7,11,16H,1-5,8-10H2. The Kier molecular flexibility index (Phi) is 3.71. The van der Waals surface area contributed by atoms with Gasteiger partial charge in [0.1, 0.15) is 5.82 Å². The van der Waals surface area contributed by atoms with Gasteiger partial charge in [0.25, 0.3) is 0 Å². The van der Waals surface area contributed by atoms with Crippen molar-refractivity contribution in [3.05, 3.63) is 22.8 Å². The molecule has 1 aliphatic heterocycles. The van der Waals surface area contributed by atoms with Crippen LogP contribution in [-0.2, 0) is 6.54 Å². The van der Waals surface area contributed by atoms with Gasteiger partial charge in [-0.15, -0.1) is 0 Å². The lowest BCUT2D eigenvalue weighted by atomic mass is 10.1. The van der Waals surface area contributed by atoms with Crippen LogP contribution in [0.25, 0.3) is 0 Å². The second-order valence-corrected chi connectivity index (χ2v) is 5.71. The zero-order valence-electron chi connectivity index (χ0n) is 10.7. The highest BCUT2D eigenvalue weighted by Gasteiger charge is 2.21. The molecule has 4 heteroatoms. The lowest BCUT2D eigenvalue weighted by Crippen LogP contribution is -2.30. The van der Waals surface area contributed by atoms with Gasteiger partial charge in [0.15, 0.2) is 0 Å². The summed E-state index contributed by atoms with van der Waals surface area (Å²) in [6.45, 7) is 3.05. The Morgan fingerprint density at radius 1 is 1.22 bits per heavy atom. The van der Waals surface area contributed by atoms with Gasteiger partial charge in [-0.05, 0) is 44.2 Å². The summed E-state index contributed by atoms with van der Waals surface area (Å²) in [7, 11) is 0. The molecule has 2 heterocycles. The molecule has 2 aliphatic rings. The Hall–Kier alpha value is -0.800. The molecule has 1 saturated carbocycles. The van der Waals surface area contributed by atoms with Crippen molar-refractivity contribution in [2.45, 2.75) is 44.7 Å². The predicted octanol–water partition coefficient (Wildman–Crippen LogP) is 2.98. The molecule has 0 unspecified atom stereocenters. The maximum Gasteiger partial charge on any atom is 0.128 e. The SMILES string of the molecule is Clc1ccc(N2CCCCC2)nc1CNC1CC1. The van der Waals surface area contributed by atoms with Crippen LogP contribution in [0.1, 0.15) is 37.8 Å². The van der Waals surface area contributed by atoms with Gasteiger partial charge >= 0.3 is 0 Å². The van der Waals surface area contributed by atoms with E-state index in [-0.39, 0.29) is 0 Å². The van der Waals surface area contributed by atoms with Gasteiger partial charge in [0.05, 0.1) is 10.7 Å². The summed E-state index contributed by atoms with van der Waals surface area (Å²) in [6.07, 6.45) is 6.49. The van der Waals surface area contributed by atoms with Crippen LogP contribution >= 0.6 is 11.6 Å². The minimum absolute atomic E-state index is 0.696. The van der Waals surface area contributed by atoms with Crippen molar-refractivity contribution >= 4 is 17.4 Å². The number of anilines is 1. The lowest BCUT2D eigenvalue weighted by Gasteiger charge is -2.28. The number of hydrogen-bond acceptors (Lipinski definition) is 3. The molecule has 3 rings (SSSR count). The fraction of sp³-hybridized carbons (Fsp3) is 0.643. The van der Waals surface area contributed by atoms with Gasteiger partial charge < -0.3 is 10.2 Å². The molecule has 1 aromatic rings. The van der Waals surface area contributed by atoms with Gasteiger partial charge in [-0.3, -0.25) is 0 Å². The molecule has 0 bridgehead atoms. The summed E-state index contributed by atoms with van der Waals surface area (Å²) in [5.41, 5.74) is 0.992. The van der Waals surface area contributed by atoms with Crippen molar-refractivity contribution in [1.82, 2.24) is 10.3 Å². The average molecular weight is 266 g/mol. The molecule has 1 aromatic heterocycles. The minimum Gasteiger partial charge on any atom is -0.357 e. The first-order chi connectivity index (χ1) is 8.83. The van der Waals surface area contributed by atoms with Crippen LogP contribution in [0.15, 0.2) is 12.1 Å². The number of halogens is 1. The number of pyridine rings is 1. The average Bonchev–Trinajstić information content (AvgIpc) is 3.23. The third-order valence-electron chi connectivity index (χ3n) is 3.72. The van der Waals surface area contributed by atoms with E-state index in [0.717, 1.165) is 36.2 Å². The zero-order chi connectivity index (χ0) is 12.4. The van der Waals surface area contributed by atoms with Gasteiger partial charge in [-0.2, -0.15) is 0 Å². The van der Waals surface area contributed by atoms with E-state index in [4.69, 9.17) is 16.6 Å². The first-order valence-corrected chi connectivity index (χ1v) is 7.34. The highest BCUT2D eigenvalue weighted by molar-refractivity contribution is 6.31. The Morgan fingerprint density at radius 3 is 2.72 bits per heavy atom. The Bertz CT molecular complexity index is 412. The highest BCUT2D eigenvalue weighted by Crippen LogP contribution is 2.24. The number of piperidine rings is 1. The maximum atomic E-state index is 6.22. The molecular weight excluding hydrogens is 246 g/mol. The van der Waals surface area contributed by atoms with Crippen LogP contribution in [0.5, 0.6) is 0 Å². The quantitative estimate of drug-likeness (QED) is 0.907. The number of rotatable bonds is 4. The highest BCUT2D eigenvalue weighted by atomic mass is 35.5. The monoisotopic (exact) mass is 265 g/mol. The van der Waals surface area contributed by atoms with Crippen molar-refractivity contribution in [2.24, 2.45) is 0 Å². The minimum atomic E-state index is 0.696. The molecule has 1 N–H and O–H groups in total. The summed E-state index contributed by atoms with van der Waals surface area (Å²) in [5.74, 6) is 1.09. The van der Waals surface area contributed by atoms with E-state index >= 15 is 0 Å². The lowest BCUT2D eigenvalue weighted by molar-refractivity contribution is 0.571. The van der Waals surface area contributed by atoms with Crippen LogP contribution in [0.3, 0.4) is 0 Å². The molecule has 0 amide bonds. The fourth-order valence-electron chi connectivity index (χ4n) is 2.42. The molecular formula is C14H20ClN3. The van der Waals surface area contributed by atoms with Gasteiger partial charge in [-0.1, -0.05) is 11.6 Å². The zero-order valence-corrected chi connectivity index (χ0v) is 11.4. The summed E-state index contributed by atoms with van der Waals surface area (Å²) in [5, 5.41) is 4.26. The molecule has 0 spiro atoms. The first-order valence-electron chi connectivity index (χ1n) is 6.97. The predicted molar refractivity (Wildman–Crippen MR) is 75.2 cm³/mol. The van der Waals surface area contributed by atoms with E-state index in [9.17, 15) is 0 Å². The van der Waals surface area contributed by atoms with Gasteiger partial charge in [0.2, 0.25) is 0 Å². The first kappa shape index (κ1) is 12.2. The molecule has 18 heavy (non-hydrogen) atoms. The smallest absolute Gasteiger partial charge is 0.128 e. The van der Waals surface area contributed by atoms with E-state index < -0.39 is 0 Å². The molecule has 98 valence electrons. The molecule has 1 saturated heterocycles. The normalized spacial score (nSPS) is 20.2. The molecule has 2 fully saturated rings. The molecule has 3 nitrogen and oxygen atoms in total. The second kappa shape index (κ2) is 5.45. The Balaban J connectivity index is 1.71. The third-order valence-corrected chi connectivity index (χ3v) is 4.06. The second-order valence-electron chi connectivity index (χ2n) is 5.30.